The number of rotatable bonds is 12. The van der Waals surface area contributed by atoms with Gasteiger partial charge in [0.1, 0.15) is 11.9 Å². The predicted octanol–water partition coefficient (Wildman–Crippen LogP) is 4.55. The Hall–Kier alpha value is -1.90. The zero-order valence-electron chi connectivity index (χ0n) is 23.4. The molecule has 2 amide bonds. The van der Waals surface area contributed by atoms with Crippen LogP contribution in [-0.4, -0.2) is 75.3 Å². The molecular weight excluding hydrogens is 485 g/mol. The zero-order chi connectivity index (χ0) is 27.0. The highest BCUT2D eigenvalue weighted by Gasteiger charge is 2.44. The topological polar surface area (TPSA) is 83.1 Å². The fourth-order valence-electron chi connectivity index (χ4n) is 6.77. The second kappa shape index (κ2) is 13.9. The van der Waals surface area contributed by atoms with Crippen LogP contribution in [0.4, 0.5) is 9.18 Å². The number of halogens is 1. The van der Waals surface area contributed by atoms with Crippen molar-refractivity contribution in [3.63, 3.8) is 0 Å². The Labute approximate surface area is 227 Å². The number of hydrogen-bond acceptors (Lipinski definition) is 5. The minimum absolute atomic E-state index is 0.00718. The van der Waals surface area contributed by atoms with Gasteiger partial charge in [0, 0.05) is 57.3 Å². The summed E-state index contributed by atoms with van der Waals surface area (Å²) in [4.78, 5) is 15.4. The number of benzene rings is 1. The fraction of sp³-hybridized carbons (Fsp3) is 0.767. The van der Waals surface area contributed by atoms with Crippen molar-refractivity contribution in [2.24, 2.45) is 11.8 Å². The summed E-state index contributed by atoms with van der Waals surface area (Å²) in [6, 6.07) is 6.06. The SMILES string of the molecule is CNC[C@H](C[C@H]1CC[C@H](F)CC1)NC(=O)N1CCC[C@@H]([C@@](O)(CCCCOC)c2cccc3c2OCC3)C1. The number of hydrogen-bond donors (Lipinski definition) is 3. The van der Waals surface area contributed by atoms with Gasteiger partial charge in [-0.15, -0.1) is 0 Å². The summed E-state index contributed by atoms with van der Waals surface area (Å²) in [6.45, 7) is 3.19. The molecule has 1 saturated heterocycles. The highest BCUT2D eigenvalue weighted by molar-refractivity contribution is 5.74. The second-order valence-corrected chi connectivity index (χ2v) is 11.6. The lowest BCUT2D eigenvalue weighted by Gasteiger charge is -2.43. The van der Waals surface area contributed by atoms with Crippen molar-refractivity contribution in [1.82, 2.24) is 15.5 Å². The summed E-state index contributed by atoms with van der Waals surface area (Å²) in [5.74, 6) is 1.20. The molecule has 0 aromatic heterocycles. The van der Waals surface area contributed by atoms with E-state index in [-0.39, 0.29) is 18.0 Å². The molecule has 7 nitrogen and oxygen atoms in total. The van der Waals surface area contributed by atoms with Crippen LogP contribution in [0.5, 0.6) is 5.75 Å². The second-order valence-electron chi connectivity index (χ2n) is 11.6. The molecule has 0 radical (unpaired) electrons. The number of amides is 2. The van der Waals surface area contributed by atoms with E-state index < -0.39 is 11.8 Å². The molecule has 3 aliphatic rings. The van der Waals surface area contributed by atoms with Gasteiger partial charge in [-0.2, -0.15) is 0 Å². The number of likely N-dealkylation sites (tertiary alicyclic amines) is 1. The van der Waals surface area contributed by atoms with Crippen molar-refractivity contribution < 1.29 is 23.8 Å². The van der Waals surface area contributed by atoms with Gasteiger partial charge >= 0.3 is 6.03 Å². The number of piperidine rings is 1. The van der Waals surface area contributed by atoms with Crippen LogP contribution in [0.1, 0.15) is 75.3 Å². The van der Waals surface area contributed by atoms with Gasteiger partial charge < -0.3 is 30.1 Å². The molecule has 0 unspecified atom stereocenters. The Morgan fingerprint density at radius 3 is 2.84 bits per heavy atom. The summed E-state index contributed by atoms with van der Waals surface area (Å²) in [7, 11) is 3.60. The number of nitrogens with zero attached hydrogens (tertiary/aromatic N) is 1. The molecule has 214 valence electrons. The Bertz CT molecular complexity index is 894. The number of unbranched alkanes of at least 4 members (excludes halogenated alkanes) is 1. The van der Waals surface area contributed by atoms with Crippen molar-refractivity contribution >= 4 is 6.03 Å². The largest absolute Gasteiger partial charge is 0.493 e. The quantitative estimate of drug-likeness (QED) is 0.343. The molecule has 1 aliphatic carbocycles. The first-order valence-electron chi connectivity index (χ1n) is 14.7. The Morgan fingerprint density at radius 2 is 2.08 bits per heavy atom. The smallest absolute Gasteiger partial charge is 0.317 e. The summed E-state index contributed by atoms with van der Waals surface area (Å²) in [5.41, 5.74) is 0.950. The van der Waals surface area contributed by atoms with Gasteiger partial charge in [-0.3, -0.25) is 0 Å². The Balaban J connectivity index is 1.45. The van der Waals surface area contributed by atoms with Crippen LogP contribution >= 0.6 is 0 Å². The number of aliphatic hydroxyl groups is 1. The molecule has 1 saturated carbocycles. The maximum atomic E-state index is 13.6. The van der Waals surface area contributed by atoms with Gasteiger partial charge in [0.2, 0.25) is 0 Å². The number of carbonyl (C=O) groups is 1. The number of nitrogens with one attached hydrogen (secondary N) is 2. The standard InChI is InChI=1S/C30H48FN3O4/c1-32-20-26(19-22-10-12-25(31)13-11-22)33-29(35)34-16-6-8-24(21-34)30(36,15-3-4-17-37-2)27-9-5-7-23-14-18-38-28(23)27/h5,7,9,22,24-26,32,36H,3-4,6,8,10-21H2,1-2H3,(H,33,35)/t22-,24-,25-,26+,30+/m1/s1. The third-order valence-corrected chi connectivity index (χ3v) is 8.89. The first-order chi connectivity index (χ1) is 18.4. The van der Waals surface area contributed by atoms with Crippen LogP contribution in [0.2, 0.25) is 0 Å². The number of carbonyl (C=O) groups excluding carboxylic acids is 1. The summed E-state index contributed by atoms with van der Waals surface area (Å²) < 4.78 is 24.9. The van der Waals surface area contributed by atoms with E-state index in [0.29, 0.717) is 58.0 Å². The van der Waals surface area contributed by atoms with Crippen molar-refractivity contribution in [3.05, 3.63) is 29.3 Å². The minimum atomic E-state index is -1.07. The fourth-order valence-corrected chi connectivity index (χ4v) is 6.77. The number of urea groups is 1. The minimum Gasteiger partial charge on any atom is -0.493 e. The third kappa shape index (κ3) is 7.19. The summed E-state index contributed by atoms with van der Waals surface area (Å²) in [6.07, 6.45) is 8.15. The molecule has 0 bridgehead atoms. The summed E-state index contributed by atoms with van der Waals surface area (Å²) >= 11 is 0. The van der Waals surface area contributed by atoms with Crippen LogP contribution in [0.3, 0.4) is 0 Å². The van der Waals surface area contributed by atoms with Gasteiger partial charge in [-0.1, -0.05) is 18.2 Å². The van der Waals surface area contributed by atoms with E-state index in [9.17, 15) is 14.3 Å². The van der Waals surface area contributed by atoms with Crippen molar-refractivity contribution in [2.75, 3.05) is 47.0 Å². The third-order valence-electron chi connectivity index (χ3n) is 8.89. The maximum absolute atomic E-state index is 13.6. The molecule has 0 spiro atoms. The van der Waals surface area contributed by atoms with E-state index in [1.807, 2.05) is 24.1 Å². The normalized spacial score (nSPS) is 25.8. The summed E-state index contributed by atoms with van der Waals surface area (Å²) in [5, 5.41) is 18.8. The van der Waals surface area contributed by atoms with Crippen LogP contribution in [0, 0.1) is 11.8 Å². The highest BCUT2D eigenvalue weighted by Crippen LogP contribution is 2.45. The Kier molecular flexibility index (Phi) is 10.7. The molecule has 1 aromatic carbocycles. The molecule has 2 aliphatic heterocycles. The van der Waals surface area contributed by atoms with Crippen LogP contribution < -0.4 is 15.4 Å². The molecule has 2 heterocycles. The lowest BCUT2D eigenvalue weighted by atomic mass is 9.73. The highest BCUT2D eigenvalue weighted by atomic mass is 19.1. The molecule has 38 heavy (non-hydrogen) atoms. The zero-order valence-corrected chi connectivity index (χ0v) is 23.4. The number of fused-ring (bicyclic) bond motifs is 1. The lowest BCUT2D eigenvalue weighted by Crippen LogP contribution is -2.54. The van der Waals surface area contributed by atoms with Crippen molar-refractivity contribution in [1.29, 1.82) is 0 Å². The molecular formula is C30H48FN3O4. The van der Waals surface area contributed by atoms with Crippen LogP contribution in [0.15, 0.2) is 18.2 Å². The average molecular weight is 534 g/mol. The van der Waals surface area contributed by atoms with E-state index >= 15 is 0 Å². The number of likely N-dealkylation sites (N-methyl/N-ethyl adjacent to an activating group) is 1. The Morgan fingerprint density at radius 1 is 1.26 bits per heavy atom. The molecule has 1 aromatic rings. The van der Waals surface area contributed by atoms with E-state index in [1.54, 1.807) is 7.11 Å². The predicted molar refractivity (Wildman–Crippen MR) is 147 cm³/mol. The van der Waals surface area contributed by atoms with E-state index in [1.165, 1.54) is 0 Å². The maximum Gasteiger partial charge on any atom is 0.317 e. The molecule has 3 atom stereocenters. The molecule has 3 N–H and O–H groups in total. The van der Waals surface area contributed by atoms with Gasteiger partial charge in [-0.25, -0.2) is 9.18 Å². The number of alkyl halides is 1. The van der Waals surface area contributed by atoms with Gasteiger partial charge in [0.15, 0.2) is 0 Å². The number of methoxy groups -OCH3 is 1. The molecule has 4 rings (SSSR count). The first kappa shape index (κ1) is 29.1. The average Bonchev–Trinajstić information content (AvgIpc) is 3.42. The van der Waals surface area contributed by atoms with Gasteiger partial charge in [0.05, 0.1) is 12.2 Å². The van der Waals surface area contributed by atoms with E-state index in [2.05, 4.69) is 16.7 Å². The van der Waals surface area contributed by atoms with E-state index in [4.69, 9.17) is 9.47 Å². The first-order valence-corrected chi connectivity index (χ1v) is 14.7. The van der Waals surface area contributed by atoms with Gasteiger partial charge in [0.25, 0.3) is 0 Å². The van der Waals surface area contributed by atoms with Crippen molar-refractivity contribution in [3.8, 4) is 5.75 Å². The van der Waals surface area contributed by atoms with Gasteiger partial charge in [-0.05, 0) is 82.7 Å². The van der Waals surface area contributed by atoms with Crippen LogP contribution in [-0.2, 0) is 16.8 Å². The molecule has 2 fully saturated rings. The number of ether oxygens (including phenoxy) is 2. The molecule has 8 heteroatoms. The van der Waals surface area contributed by atoms with Crippen LogP contribution in [0.25, 0.3) is 0 Å². The monoisotopic (exact) mass is 533 g/mol. The van der Waals surface area contributed by atoms with E-state index in [0.717, 1.165) is 68.2 Å². The number of para-hydroxylation sites is 1. The van der Waals surface area contributed by atoms with Crippen molar-refractivity contribution in [2.45, 2.75) is 88.4 Å². The lowest BCUT2D eigenvalue weighted by molar-refractivity contribution is -0.0577.